The van der Waals surface area contributed by atoms with Crippen LogP contribution in [0.4, 0.5) is 11.4 Å². The average Bonchev–Trinajstić information content (AvgIpc) is 2.73. The number of amides is 1. The van der Waals surface area contributed by atoms with Crippen molar-refractivity contribution in [2.24, 2.45) is 0 Å². The summed E-state index contributed by atoms with van der Waals surface area (Å²) in [5.41, 5.74) is 0.449. The molecular weight excluding hydrogens is 448 g/mol. The summed E-state index contributed by atoms with van der Waals surface area (Å²) in [7, 11) is -3.08. The van der Waals surface area contributed by atoms with E-state index in [-0.39, 0.29) is 11.4 Å². The van der Waals surface area contributed by atoms with Crippen LogP contribution in [0.2, 0.25) is 0 Å². The van der Waals surface area contributed by atoms with Crippen molar-refractivity contribution >= 4 is 27.3 Å². The molecule has 0 atom stereocenters. The van der Waals surface area contributed by atoms with Gasteiger partial charge in [-0.3, -0.25) is 18.9 Å². The van der Waals surface area contributed by atoms with Crippen LogP contribution in [0.15, 0.2) is 56.9 Å². The first-order chi connectivity index (χ1) is 15.5. The molecule has 0 saturated heterocycles. The second kappa shape index (κ2) is 9.33. The van der Waals surface area contributed by atoms with Gasteiger partial charge in [-0.25, -0.2) is 13.2 Å². The molecule has 2 aromatic carbocycles. The lowest BCUT2D eigenvalue weighted by molar-refractivity contribution is -0.114. The molecule has 0 aliphatic rings. The highest BCUT2D eigenvalue weighted by molar-refractivity contribution is 7.92. The predicted octanol–water partition coefficient (Wildman–Crippen LogP) is 1.83. The molecule has 1 amide bonds. The Kier molecular flexibility index (Phi) is 6.73. The van der Waals surface area contributed by atoms with Gasteiger partial charge in [-0.05, 0) is 56.7 Å². The fraction of sp³-hybridized carbons (Fsp3) is 0.227. The van der Waals surface area contributed by atoms with Crippen LogP contribution in [0.5, 0.6) is 5.75 Å². The summed E-state index contributed by atoms with van der Waals surface area (Å²) in [6.45, 7) is 4.43. The largest absolute Gasteiger partial charge is 0.497 e. The van der Waals surface area contributed by atoms with Crippen LogP contribution in [-0.4, -0.2) is 37.9 Å². The zero-order valence-corrected chi connectivity index (χ0v) is 19.4. The number of nitrogens with zero attached hydrogens (tertiary/aromatic N) is 1. The van der Waals surface area contributed by atoms with E-state index in [9.17, 15) is 22.8 Å². The minimum Gasteiger partial charge on any atom is -0.497 e. The van der Waals surface area contributed by atoms with Gasteiger partial charge in [0.25, 0.3) is 15.6 Å². The van der Waals surface area contributed by atoms with E-state index < -0.39 is 38.6 Å². The molecule has 0 saturated carbocycles. The number of carbonyl (C=O) groups is 1. The van der Waals surface area contributed by atoms with Crippen LogP contribution in [-0.2, 0) is 14.8 Å². The maximum absolute atomic E-state index is 13.5. The zero-order chi connectivity index (χ0) is 24.3. The van der Waals surface area contributed by atoms with Gasteiger partial charge in [-0.1, -0.05) is 17.7 Å². The predicted molar refractivity (Wildman–Crippen MR) is 124 cm³/mol. The molecule has 0 radical (unpaired) electrons. The number of aromatic amines is 2. The Morgan fingerprint density at radius 3 is 2.27 bits per heavy atom. The van der Waals surface area contributed by atoms with Crippen LogP contribution in [0.1, 0.15) is 16.8 Å². The number of ether oxygens (including phenoxy) is 1. The molecule has 0 spiro atoms. The molecule has 33 heavy (non-hydrogen) atoms. The lowest BCUT2D eigenvalue weighted by Crippen LogP contribution is -2.42. The van der Waals surface area contributed by atoms with E-state index >= 15 is 0 Å². The van der Waals surface area contributed by atoms with Crippen LogP contribution in [0.3, 0.4) is 0 Å². The standard InChI is InChI=1S/C22H24N4O6S/c1-13-5-10-18(14(2)11-13)24-19(27)12-26(16-6-8-17(32-4)9-7-16)33(30,31)20-15(3)23-22(29)25-21(20)28/h5-11H,12H2,1-4H3,(H,24,27)(H2,23,25,28,29). The van der Waals surface area contributed by atoms with Crippen molar-refractivity contribution in [1.82, 2.24) is 9.97 Å². The number of aromatic nitrogens is 2. The Hall–Kier alpha value is -3.86. The Morgan fingerprint density at radius 1 is 1.03 bits per heavy atom. The highest BCUT2D eigenvalue weighted by Crippen LogP contribution is 2.25. The highest BCUT2D eigenvalue weighted by Gasteiger charge is 2.32. The first-order valence-electron chi connectivity index (χ1n) is 9.90. The second-order valence-electron chi connectivity index (χ2n) is 7.44. The number of anilines is 2. The van der Waals surface area contributed by atoms with E-state index in [0.29, 0.717) is 11.4 Å². The van der Waals surface area contributed by atoms with Gasteiger partial charge in [0.1, 0.15) is 12.3 Å². The molecule has 3 rings (SSSR count). The van der Waals surface area contributed by atoms with Gasteiger partial charge in [0.05, 0.1) is 12.8 Å². The van der Waals surface area contributed by atoms with E-state index in [2.05, 4.69) is 10.3 Å². The number of benzene rings is 2. The number of rotatable bonds is 7. The molecule has 3 N–H and O–H groups in total. The summed E-state index contributed by atoms with van der Waals surface area (Å²) in [4.78, 5) is 40.4. The summed E-state index contributed by atoms with van der Waals surface area (Å²) < 4.78 is 32.9. The molecule has 1 aromatic heterocycles. The Bertz CT molecular complexity index is 1410. The number of carbonyl (C=O) groups excluding carboxylic acids is 1. The zero-order valence-electron chi connectivity index (χ0n) is 18.6. The van der Waals surface area contributed by atoms with Crippen molar-refractivity contribution in [2.75, 3.05) is 23.3 Å². The molecule has 1 heterocycles. The third-order valence-electron chi connectivity index (χ3n) is 4.93. The van der Waals surface area contributed by atoms with Crippen molar-refractivity contribution in [3.05, 3.63) is 80.1 Å². The average molecular weight is 473 g/mol. The first kappa shape index (κ1) is 23.8. The minimum atomic E-state index is -4.54. The van der Waals surface area contributed by atoms with Gasteiger partial charge in [0.2, 0.25) is 5.91 Å². The van der Waals surface area contributed by atoms with E-state index in [4.69, 9.17) is 4.74 Å². The Morgan fingerprint density at radius 2 is 1.70 bits per heavy atom. The Labute approximate surface area is 190 Å². The van der Waals surface area contributed by atoms with Gasteiger partial charge in [0, 0.05) is 11.4 Å². The summed E-state index contributed by atoms with van der Waals surface area (Å²) >= 11 is 0. The van der Waals surface area contributed by atoms with Crippen LogP contribution < -0.4 is 25.6 Å². The van der Waals surface area contributed by atoms with Crippen LogP contribution in [0, 0.1) is 20.8 Å². The van der Waals surface area contributed by atoms with Crippen molar-refractivity contribution in [3.8, 4) is 5.75 Å². The van der Waals surface area contributed by atoms with Crippen molar-refractivity contribution in [1.29, 1.82) is 0 Å². The molecule has 0 bridgehead atoms. The highest BCUT2D eigenvalue weighted by atomic mass is 32.2. The van der Waals surface area contributed by atoms with Crippen LogP contribution >= 0.6 is 0 Å². The number of hydrogen-bond donors (Lipinski definition) is 3. The van der Waals surface area contributed by atoms with Crippen molar-refractivity contribution in [3.63, 3.8) is 0 Å². The van der Waals surface area contributed by atoms with E-state index in [1.165, 1.54) is 38.3 Å². The molecular formula is C22H24N4O6S. The summed E-state index contributed by atoms with van der Waals surface area (Å²) in [6.07, 6.45) is 0. The van der Waals surface area contributed by atoms with E-state index in [1.54, 1.807) is 6.07 Å². The number of nitrogens with one attached hydrogen (secondary N) is 3. The number of methoxy groups -OCH3 is 1. The van der Waals surface area contributed by atoms with Crippen molar-refractivity contribution < 1.29 is 17.9 Å². The van der Waals surface area contributed by atoms with E-state index in [1.807, 2.05) is 31.0 Å². The maximum atomic E-state index is 13.5. The number of aryl methyl sites for hydroxylation is 3. The normalized spacial score (nSPS) is 11.2. The van der Waals surface area contributed by atoms with Crippen LogP contribution in [0.25, 0.3) is 0 Å². The lowest BCUT2D eigenvalue weighted by atomic mass is 10.1. The molecule has 11 heteroatoms. The molecule has 174 valence electrons. The number of H-pyrrole nitrogens is 2. The number of sulfonamides is 1. The molecule has 0 fully saturated rings. The molecule has 0 aliphatic heterocycles. The molecule has 0 unspecified atom stereocenters. The summed E-state index contributed by atoms with van der Waals surface area (Å²) in [6, 6.07) is 11.4. The SMILES string of the molecule is COc1ccc(N(CC(=O)Nc2ccc(C)cc2C)S(=O)(=O)c2c(C)[nH]c(=O)[nH]c2=O)cc1. The van der Waals surface area contributed by atoms with Crippen molar-refractivity contribution in [2.45, 2.75) is 25.7 Å². The van der Waals surface area contributed by atoms with Gasteiger partial charge in [-0.15, -0.1) is 0 Å². The monoisotopic (exact) mass is 472 g/mol. The van der Waals surface area contributed by atoms with Gasteiger partial charge >= 0.3 is 5.69 Å². The summed E-state index contributed by atoms with van der Waals surface area (Å²) in [5, 5.41) is 2.71. The molecule has 10 nitrogen and oxygen atoms in total. The fourth-order valence-electron chi connectivity index (χ4n) is 3.35. The first-order valence-corrected chi connectivity index (χ1v) is 11.3. The Balaban J connectivity index is 2.05. The number of hydrogen-bond acceptors (Lipinski definition) is 6. The quantitative estimate of drug-likeness (QED) is 0.479. The molecule has 0 aliphatic carbocycles. The lowest BCUT2D eigenvalue weighted by Gasteiger charge is -2.24. The van der Waals surface area contributed by atoms with Gasteiger partial charge < -0.3 is 15.0 Å². The second-order valence-corrected chi connectivity index (χ2v) is 9.24. The van der Waals surface area contributed by atoms with Gasteiger partial charge in [0.15, 0.2) is 4.90 Å². The van der Waals surface area contributed by atoms with E-state index in [0.717, 1.165) is 15.4 Å². The topological polar surface area (TPSA) is 141 Å². The molecule has 3 aromatic rings. The maximum Gasteiger partial charge on any atom is 0.325 e. The smallest absolute Gasteiger partial charge is 0.325 e. The third kappa shape index (κ3) is 5.14. The minimum absolute atomic E-state index is 0.136. The fourth-order valence-corrected chi connectivity index (χ4v) is 4.98. The summed E-state index contributed by atoms with van der Waals surface area (Å²) in [5.74, 6) is -0.131. The van der Waals surface area contributed by atoms with Gasteiger partial charge in [-0.2, -0.15) is 0 Å². The third-order valence-corrected chi connectivity index (χ3v) is 6.85.